The van der Waals surface area contributed by atoms with Crippen molar-refractivity contribution in [3.63, 3.8) is 0 Å². The maximum Gasteiger partial charge on any atom is 0.293 e. The van der Waals surface area contributed by atoms with Crippen molar-refractivity contribution in [1.29, 1.82) is 0 Å². The Balaban J connectivity index is 1.80. The van der Waals surface area contributed by atoms with Crippen LogP contribution in [0.5, 0.6) is 0 Å². The van der Waals surface area contributed by atoms with E-state index in [0.29, 0.717) is 5.88 Å². The molecule has 2 N–H and O–H groups in total. The number of hydrogen-bond donors (Lipinski definition) is 1. The highest BCUT2D eigenvalue weighted by Crippen LogP contribution is 2.11. The molecule has 0 bridgehead atoms. The van der Waals surface area contributed by atoms with Gasteiger partial charge < -0.3 is 5.73 Å². The van der Waals surface area contributed by atoms with Crippen molar-refractivity contribution in [2.45, 2.75) is 11.6 Å². The molecule has 0 spiro atoms. The minimum absolute atomic E-state index is 0.343. The molecule has 0 radical (unpaired) electrons. The van der Waals surface area contributed by atoms with Crippen molar-refractivity contribution in [3.8, 4) is 0 Å². The van der Waals surface area contributed by atoms with E-state index in [1.807, 2.05) is 18.2 Å². The van der Waals surface area contributed by atoms with Gasteiger partial charge in [-0.25, -0.2) is 0 Å². The Morgan fingerprint density at radius 1 is 1.33 bits per heavy atom. The van der Waals surface area contributed by atoms with E-state index in [0.717, 1.165) is 11.6 Å². The first-order valence-corrected chi connectivity index (χ1v) is 5.73. The van der Waals surface area contributed by atoms with Crippen LogP contribution in [-0.4, -0.2) is 5.27 Å². The summed E-state index contributed by atoms with van der Waals surface area (Å²) in [5.41, 5.74) is 6.71. The number of benzene rings is 1. The van der Waals surface area contributed by atoms with Crippen LogP contribution in [0.1, 0.15) is 5.56 Å². The fourth-order valence-electron chi connectivity index (χ4n) is 1.19. The second-order valence-electron chi connectivity index (χ2n) is 3.11. The molecule has 1 heterocycles. The third kappa shape index (κ3) is 2.99. The van der Waals surface area contributed by atoms with Gasteiger partial charge in [0, 0.05) is 5.75 Å². The summed E-state index contributed by atoms with van der Waals surface area (Å²) in [6.07, 6.45) is 1.68. The van der Waals surface area contributed by atoms with Gasteiger partial charge in [-0.15, -0.1) is 0 Å². The zero-order chi connectivity index (χ0) is 10.5. The molecule has 2 rings (SSSR count). The summed E-state index contributed by atoms with van der Waals surface area (Å²) in [6.45, 7) is 0. The van der Waals surface area contributed by atoms with Crippen molar-refractivity contribution in [2.75, 3.05) is 5.73 Å². The Morgan fingerprint density at radius 2 is 2.13 bits per heavy atom. The second-order valence-corrected chi connectivity index (χ2v) is 4.06. The normalized spacial score (nSPS) is 10.4. The number of nitrogen functional groups attached to an aromatic ring is 1. The molecule has 0 aliphatic heterocycles. The molecule has 0 saturated carbocycles. The number of nitrogens with zero attached hydrogens (tertiary/aromatic N) is 2. The zero-order valence-electron chi connectivity index (χ0n) is 8.17. The summed E-state index contributed by atoms with van der Waals surface area (Å²) < 4.78 is 6.43. The van der Waals surface area contributed by atoms with Gasteiger partial charge >= 0.3 is 0 Å². The zero-order valence-corrected chi connectivity index (χ0v) is 8.98. The van der Waals surface area contributed by atoms with Crippen LogP contribution in [0.4, 0.5) is 5.88 Å². The molecule has 0 unspecified atom stereocenters. The van der Waals surface area contributed by atoms with Crippen LogP contribution in [0.25, 0.3) is 0 Å². The minimum Gasteiger partial charge on any atom is -0.362 e. The fourth-order valence-corrected chi connectivity index (χ4v) is 2.01. The Bertz CT molecular complexity index is 416. The lowest BCUT2D eigenvalue weighted by atomic mass is 10.2. The monoisotopic (exact) mass is 222 g/mol. The maximum absolute atomic E-state index is 5.40. The summed E-state index contributed by atoms with van der Waals surface area (Å²) in [5, 5.41) is 3.74. The van der Waals surface area contributed by atoms with Gasteiger partial charge in [0.15, 0.2) is 0 Å². The average Bonchev–Trinajstić information content (AvgIpc) is 2.66. The molecule has 0 atom stereocenters. The van der Waals surface area contributed by atoms with Crippen LogP contribution in [0.2, 0.25) is 0 Å². The third-order valence-electron chi connectivity index (χ3n) is 1.86. The van der Waals surface area contributed by atoms with Crippen LogP contribution in [0, 0.1) is 0 Å². The van der Waals surface area contributed by atoms with Crippen molar-refractivity contribution in [1.82, 2.24) is 5.27 Å². The number of aromatic nitrogens is 2. The van der Waals surface area contributed by atoms with E-state index in [4.69, 9.17) is 10.3 Å². The maximum atomic E-state index is 5.40. The van der Waals surface area contributed by atoms with Crippen molar-refractivity contribution in [3.05, 3.63) is 42.1 Å². The number of nitrogens with two attached hydrogens (primary N) is 1. The summed E-state index contributed by atoms with van der Waals surface area (Å²) >= 11 is 1.76. The number of thioether (sulfide) groups is 1. The lowest BCUT2D eigenvalue weighted by molar-refractivity contribution is -0.743. The quantitative estimate of drug-likeness (QED) is 0.795. The van der Waals surface area contributed by atoms with E-state index in [1.165, 1.54) is 5.56 Å². The van der Waals surface area contributed by atoms with Crippen LogP contribution >= 0.6 is 11.8 Å². The molecule has 15 heavy (non-hydrogen) atoms. The van der Waals surface area contributed by atoms with Gasteiger partial charge in [0.2, 0.25) is 11.1 Å². The van der Waals surface area contributed by atoms with Crippen LogP contribution in [0.15, 0.2) is 41.1 Å². The first-order chi connectivity index (χ1) is 7.34. The molecule has 1 aromatic heterocycles. The van der Waals surface area contributed by atoms with Crippen LogP contribution in [0.3, 0.4) is 0 Å². The highest BCUT2D eigenvalue weighted by atomic mass is 32.2. The molecule has 0 aliphatic rings. The molecule has 4 nitrogen and oxygen atoms in total. The highest BCUT2D eigenvalue weighted by molar-refractivity contribution is 7.97. The molecule has 5 heteroatoms. The molecule has 0 aliphatic carbocycles. The average molecular weight is 222 g/mol. The van der Waals surface area contributed by atoms with Gasteiger partial charge in [-0.3, -0.25) is 4.52 Å². The van der Waals surface area contributed by atoms with E-state index in [2.05, 4.69) is 17.4 Å². The molecule has 78 valence electrons. The summed E-state index contributed by atoms with van der Waals surface area (Å²) in [6, 6.07) is 10.3. The summed E-state index contributed by atoms with van der Waals surface area (Å²) in [4.78, 5) is 0. The standard InChI is InChI=1S/C10H12N3OS/c11-10-6-13(12-14-10)8-15-7-9-4-2-1-3-5-9/h1-6H,7-8,11H2/q+1. The number of rotatable bonds is 4. The predicted octanol–water partition coefficient (Wildman–Crippen LogP) is 1.44. The summed E-state index contributed by atoms with van der Waals surface area (Å²) in [5.74, 6) is 2.05. The molecular weight excluding hydrogens is 210 g/mol. The largest absolute Gasteiger partial charge is 0.362 e. The number of hydrogen-bond acceptors (Lipinski definition) is 4. The Hall–Kier alpha value is -1.49. The fraction of sp³-hybridized carbons (Fsp3) is 0.200. The molecule has 0 amide bonds. The second kappa shape index (κ2) is 4.84. The van der Waals surface area contributed by atoms with E-state index < -0.39 is 0 Å². The lowest BCUT2D eigenvalue weighted by Crippen LogP contribution is -2.32. The van der Waals surface area contributed by atoms with E-state index in [-0.39, 0.29) is 0 Å². The molecule has 1 aromatic carbocycles. The Labute approximate surface area is 92.0 Å². The molecular formula is C10H12N3OS+. The first-order valence-electron chi connectivity index (χ1n) is 4.58. The van der Waals surface area contributed by atoms with E-state index in [9.17, 15) is 0 Å². The lowest BCUT2D eigenvalue weighted by Gasteiger charge is -1.95. The van der Waals surface area contributed by atoms with Gasteiger partial charge in [-0.05, 0) is 10.2 Å². The Morgan fingerprint density at radius 3 is 2.80 bits per heavy atom. The van der Waals surface area contributed by atoms with Gasteiger partial charge in [-0.1, -0.05) is 42.1 Å². The van der Waals surface area contributed by atoms with Crippen molar-refractivity contribution >= 4 is 17.6 Å². The SMILES string of the molecule is Nc1c[n+](CSCc2ccccc2)no1. The van der Waals surface area contributed by atoms with Crippen molar-refractivity contribution < 1.29 is 9.20 Å². The highest BCUT2D eigenvalue weighted by Gasteiger charge is 2.07. The van der Waals surface area contributed by atoms with Crippen LogP contribution in [-0.2, 0) is 11.6 Å². The molecule has 0 fully saturated rings. The smallest absolute Gasteiger partial charge is 0.293 e. The molecule has 2 aromatic rings. The predicted molar refractivity (Wildman–Crippen MR) is 58.8 cm³/mol. The van der Waals surface area contributed by atoms with E-state index >= 15 is 0 Å². The van der Waals surface area contributed by atoms with Gasteiger partial charge in [-0.2, -0.15) is 0 Å². The van der Waals surface area contributed by atoms with E-state index in [1.54, 1.807) is 22.6 Å². The minimum atomic E-state index is 0.343. The first kappa shape index (κ1) is 10.0. The van der Waals surface area contributed by atoms with Crippen molar-refractivity contribution in [2.24, 2.45) is 0 Å². The Kier molecular flexibility index (Phi) is 3.24. The van der Waals surface area contributed by atoms with Gasteiger partial charge in [0.05, 0.1) is 0 Å². The number of anilines is 1. The molecule has 0 saturated heterocycles. The van der Waals surface area contributed by atoms with Gasteiger partial charge in [0.1, 0.15) is 0 Å². The van der Waals surface area contributed by atoms with Gasteiger partial charge in [0.25, 0.3) is 12.1 Å². The van der Waals surface area contributed by atoms with Crippen LogP contribution < -0.4 is 10.4 Å². The summed E-state index contributed by atoms with van der Waals surface area (Å²) in [7, 11) is 0. The topological polar surface area (TPSA) is 55.9 Å². The third-order valence-corrected chi connectivity index (χ3v) is 2.85.